The summed E-state index contributed by atoms with van der Waals surface area (Å²) in [5.41, 5.74) is 1.69. The number of hydrogen-bond donors (Lipinski definition) is 1. The van der Waals surface area contributed by atoms with Crippen molar-refractivity contribution in [2.24, 2.45) is 0 Å². The Labute approximate surface area is 136 Å². The molecule has 0 aliphatic heterocycles. The lowest BCUT2D eigenvalue weighted by Gasteiger charge is -2.26. The van der Waals surface area contributed by atoms with E-state index in [9.17, 15) is 10.1 Å². The smallest absolute Gasteiger partial charge is 0.270 e. The zero-order valence-electron chi connectivity index (χ0n) is 14.0. The third-order valence-electron chi connectivity index (χ3n) is 3.47. The predicted molar refractivity (Wildman–Crippen MR) is 92.9 cm³/mol. The highest BCUT2D eigenvalue weighted by molar-refractivity contribution is 5.92. The normalized spacial score (nSPS) is 11.6. The molecule has 124 valence electrons. The second-order valence-corrected chi connectivity index (χ2v) is 6.18. The molecule has 7 heteroatoms. The van der Waals surface area contributed by atoms with E-state index in [1.54, 1.807) is 18.3 Å². The van der Waals surface area contributed by atoms with E-state index in [1.807, 2.05) is 34.3 Å². The lowest BCUT2D eigenvalue weighted by Crippen LogP contribution is -2.40. The summed E-state index contributed by atoms with van der Waals surface area (Å²) >= 11 is 0. The molecule has 0 spiro atoms. The van der Waals surface area contributed by atoms with E-state index in [2.05, 4.69) is 20.1 Å². The van der Waals surface area contributed by atoms with Crippen LogP contribution in [0.2, 0.25) is 0 Å². The molecule has 0 unspecified atom stereocenters. The lowest BCUT2D eigenvalue weighted by atomic mass is 10.1. The van der Waals surface area contributed by atoms with Gasteiger partial charge in [-0.2, -0.15) is 0 Å². The number of pyridine rings is 1. The van der Waals surface area contributed by atoms with Gasteiger partial charge in [-0.1, -0.05) is 0 Å². The van der Waals surface area contributed by atoms with Crippen molar-refractivity contribution < 1.29 is 4.92 Å². The van der Waals surface area contributed by atoms with Crippen molar-refractivity contribution in [2.45, 2.75) is 6.04 Å². The van der Waals surface area contributed by atoms with Crippen LogP contribution in [-0.4, -0.2) is 67.0 Å². The first-order valence-electron chi connectivity index (χ1n) is 7.46. The summed E-state index contributed by atoms with van der Waals surface area (Å²) in [7, 11) is 8.11. The maximum absolute atomic E-state index is 11.0. The molecule has 0 atom stereocenters. The van der Waals surface area contributed by atoms with Crippen LogP contribution < -0.4 is 5.32 Å². The van der Waals surface area contributed by atoms with Gasteiger partial charge < -0.3 is 15.1 Å². The van der Waals surface area contributed by atoms with E-state index in [-0.39, 0.29) is 16.7 Å². The molecule has 0 radical (unpaired) electrons. The zero-order chi connectivity index (χ0) is 17.0. The molecule has 0 fully saturated rings. The number of nitrogens with zero attached hydrogens (tertiary/aromatic N) is 4. The summed E-state index contributed by atoms with van der Waals surface area (Å²) in [6, 6.07) is 6.81. The van der Waals surface area contributed by atoms with Crippen LogP contribution in [0.25, 0.3) is 10.9 Å². The molecular weight excluding hydrogens is 294 g/mol. The van der Waals surface area contributed by atoms with Crippen molar-refractivity contribution in [1.82, 2.24) is 14.8 Å². The van der Waals surface area contributed by atoms with Gasteiger partial charge in [0.15, 0.2) is 0 Å². The molecule has 0 amide bonds. The summed E-state index contributed by atoms with van der Waals surface area (Å²) in [5, 5.41) is 15.3. The Kier molecular flexibility index (Phi) is 5.46. The van der Waals surface area contributed by atoms with E-state index in [0.29, 0.717) is 0 Å². The summed E-state index contributed by atoms with van der Waals surface area (Å²) in [6.07, 6.45) is 1.72. The van der Waals surface area contributed by atoms with Gasteiger partial charge in [0.1, 0.15) is 0 Å². The van der Waals surface area contributed by atoms with E-state index < -0.39 is 0 Å². The van der Waals surface area contributed by atoms with Gasteiger partial charge in [0, 0.05) is 42.5 Å². The zero-order valence-corrected chi connectivity index (χ0v) is 14.0. The quantitative estimate of drug-likeness (QED) is 0.622. The van der Waals surface area contributed by atoms with E-state index in [1.165, 1.54) is 6.07 Å². The highest BCUT2D eigenvalue weighted by atomic mass is 16.6. The molecule has 1 aromatic heterocycles. The van der Waals surface area contributed by atoms with Crippen molar-refractivity contribution in [3.8, 4) is 0 Å². The summed E-state index contributed by atoms with van der Waals surface area (Å²) in [4.78, 5) is 19.2. The number of anilines is 1. The lowest BCUT2D eigenvalue weighted by molar-refractivity contribution is -0.384. The molecule has 0 saturated heterocycles. The number of nitro groups is 1. The Morgan fingerprint density at radius 2 is 1.83 bits per heavy atom. The first-order valence-corrected chi connectivity index (χ1v) is 7.46. The number of likely N-dealkylation sites (N-methyl/N-ethyl adjacent to an activating group) is 2. The highest BCUT2D eigenvalue weighted by Gasteiger charge is 2.14. The minimum absolute atomic E-state index is 0.0744. The maximum atomic E-state index is 11.0. The summed E-state index contributed by atoms with van der Waals surface area (Å²) in [5.74, 6) is 0. The van der Waals surface area contributed by atoms with Crippen molar-refractivity contribution in [3.63, 3.8) is 0 Å². The van der Waals surface area contributed by atoms with Gasteiger partial charge in [-0.3, -0.25) is 15.1 Å². The minimum Gasteiger partial charge on any atom is -0.379 e. The Balaban J connectivity index is 2.36. The van der Waals surface area contributed by atoms with Gasteiger partial charge in [0.25, 0.3) is 5.69 Å². The van der Waals surface area contributed by atoms with Gasteiger partial charge in [0.05, 0.1) is 16.5 Å². The fraction of sp³-hybridized carbons (Fsp3) is 0.438. The van der Waals surface area contributed by atoms with Gasteiger partial charge in [-0.05, 0) is 40.3 Å². The molecule has 1 N–H and O–H groups in total. The molecule has 1 aromatic carbocycles. The number of non-ortho nitro benzene ring substituents is 1. The summed E-state index contributed by atoms with van der Waals surface area (Å²) in [6.45, 7) is 1.72. The number of aromatic nitrogens is 1. The Bertz CT molecular complexity index is 677. The van der Waals surface area contributed by atoms with Gasteiger partial charge in [-0.15, -0.1) is 0 Å². The number of benzene rings is 1. The van der Waals surface area contributed by atoms with E-state index in [4.69, 9.17) is 0 Å². The molecule has 2 aromatic rings. The second kappa shape index (κ2) is 7.34. The first-order chi connectivity index (χ1) is 10.9. The molecule has 23 heavy (non-hydrogen) atoms. The molecule has 0 aliphatic carbocycles. The Morgan fingerprint density at radius 3 is 2.39 bits per heavy atom. The predicted octanol–water partition coefficient (Wildman–Crippen LogP) is 2.05. The van der Waals surface area contributed by atoms with Crippen LogP contribution in [0.1, 0.15) is 0 Å². The number of nitro benzene ring substituents is 1. The Hall–Kier alpha value is -2.25. The SMILES string of the molecule is CN(C)CC(CN(C)C)Nc1ccnc2ccc([N+](=O)[O-])cc12. The summed E-state index contributed by atoms with van der Waals surface area (Å²) < 4.78 is 0. The fourth-order valence-electron chi connectivity index (χ4n) is 2.62. The fourth-order valence-corrected chi connectivity index (χ4v) is 2.62. The van der Waals surface area contributed by atoms with Crippen LogP contribution in [0.5, 0.6) is 0 Å². The number of fused-ring (bicyclic) bond motifs is 1. The van der Waals surface area contributed by atoms with Gasteiger partial charge in [-0.25, -0.2) is 0 Å². The largest absolute Gasteiger partial charge is 0.379 e. The van der Waals surface area contributed by atoms with E-state index >= 15 is 0 Å². The number of hydrogen-bond acceptors (Lipinski definition) is 6. The molecule has 0 bridgehead atoms. The first kappa shape index (κ1) is 17.1. The van der Waals surface area contributed by atoms with Crippen molar-refractivity contribution in [3.05, 3.63) is 40.6 Å². The molecule has 0 aliphatic rings. The van der Waals surface area contributed by atoms with Crippen molar-refractivity contribution >= 4 is 22.3 Å². The minimum atomic E-state index is -0.382. The van der Waals surface area contributed by atoms with Crippen LogP contribution >= 0.6 is 0 Å². The van der Waals surface area contributed by atoms with Crippen molar-refractivity contribution in [1.29, 1.82) is 0 Å². The molecule has 2 rings (SSSR count). The second-order valence-electron chi connectivity index (χ2n) is 6.18. The molecular formula is C16H23N5O2. The Morgan fingerprint density at radius 1 is 1.17 bits per heavy atom. The third kappa shape index (κ3) is 4.61. The van der Waals surface area contributed by atoms with E-state index in [0.717, 1.165) is 29.7 Å². The molecule has 7 nitrogen and oxygen atoms in total. The van der Waals surface area contributed by atoms with Crippen LogP contribution in [-0.2, 0) is 0 Å². The van der Waals surface area contributed by atoms with Crippen LogP contribution in [0, 0.1) is 10.1 Å². The molecule has 0 saturated carbocycles. The average molecular weight is 317 g/mol. The highest BCUT2D eigenvalue weighted by Crippen LogP contribution is 2.26. The number of nitrogens with one attached hydrogen (secondary N) is 1. The van der Waals surface area contributed by atoms with Gasteiger partial charge >= 0.3 is 0 Å². The monoisotopic (exact) mass is 317 g/mol. The standard InChI is InChI=1S/C16H23N5O2/c1-19(2)10-12(11-20(3)4)18-16-7-8-17-15-6-5-13(21(22)23)9-14(15)16/h5-9,12H,10-11H2,1-4H3,(H,17,18). The number of rotatable bonds is 7. The van der Waals surface area contributed by atoms with Crippen LogP contribution in [0.4, 0.5) is 11.4 Å². The maximum Gasteiger partial charge on any atom is 0.270 e. The van der Waals surface area contributed by atoms with Crippen LogP contribution in [0.15, 0.2) is 30.5 Å². The van der Waals surface area contributed by atoms with Gasteiger partial charge in [0.2, 0.25) is 0 Å². The van der Waals surface area contributed by atoms with Crippen LogP contribution in [0.3, 0.4) is 0 Å². The topological polar surface area (TPSA) is 74.5 Å². The molecule has 1 heterocycles. The van der Waals surface area contributed by atoms with Crippen molar-refractivity contribution in [2.75, 3.05) is 46.6 Å². The average Bonchev–Trinajstić information content (AvgIpc) is 2.45. The third-order valence-corrected chi connectivity index (χ3v) is 3.47.